The van der Waals surface area contributed by atoms with Crippen molar-refractivity contribution in [2.24, 2.45) is 0 Å². The first-order chi connectivity index (χ1) is 9.66. The van der Waals surface area contributed by atoms with Gasteiger partial charge in [0.1, 0.15) is 12.2 Å². The van der Waals surface area contributed by atoms with E-state index in [1.165, 1.54) is 28.7 Å². The zero-order valence-electron chi connectivity index (χ0n) is 11.8. The van der Waals surface area contributed by atoms with Gasteiger partial charge < -0.3 is 0 Å². The number of aromatic nitrogens is 4. The summed E-state index contributed by atoms with van der Waals surface area (Å²) in [4.78, 5) is 12.6. The lowest BCUT2D eigenvalue weighted by Gasteiger charge is -2.14. The summed E-state index contributed by atoms with van der Waals surface area (Å²) >= 11 is 0. The number of benzene rings is 1. The molecule has 0 aliphatic heterocycles. The number of aryl methyl sites for hydroxylation is 3. The number of rotatable bonds is 2. The zero-order chi connectivity index (χ0) is 14.1. The predicted octanol–water partition coefficient (Wildman–Crippen LogP) is 3.25. The van der Waals surface area contributed by atoms with E-state index in [1.807, 2.05) is 6.20 Å². The first kappa shape index (κ1) is 12.5. The molecule has 0 bridgehead atoms. The lowest BCUT2D eigenvalue weighted by molar-refractivity contribution is 1.02. The van der Waals surface area contributed by atoms with Gasteiger partial charge in [-0.25, -0.2) is 15.0 Å². The van der Waals surface area contributed by atoms with Crippen LogP contribution >= 0.6 is 0 Å². The Labute approximate surface area is 118 Å². The van der Waals surface area contributed by atoms with Gasteiger partial charge in [-0.2, -0.15) is 0 Å². The predicted molar refractivity (Wildman–Crippen MR) is 78.8 cm³/mol. The van der Waals surface area contributed by atoms with Crippen LogP contribution < -0.4 is 0 Å². The summed E-state index contributed by atoms with van der Waals surface area (Å²) in [5.74, 6) is 0.862. The third kappa shape index (κ3) is 2.09. The minimum atomic E-state index is 0.862. The Morgan fingerprint density at radius 2 is 1.60 bits per heavy atom. The van der Waals surface area contributed by atoms with Crippen molar-refractivity contribution in [3.8, 4) is 17.1 Å². The molecule has 0 saturated carbocycles. The topological polar surface area (TPSA) is 43.6 Å². The van der Waals surface area contributed by atoms with Gasteiger partial charge in [0.25, 0.3) is 0 Å². The molecule has 0 atom stereocenters. The second-order valence-electron chi connectivity index (χ2n) is 5.00. The molecule has 4 nitrogen and oxygen atoms in total. The second-order valence-corrected chi connectivity index (χ2v) is 5.00. The standard InChI is InChI=1S/C16H16N4/c1-11-6-12(2)15(13(3)7-11)20-5-4-19-16(20)14-8-17-10-18-9-14/h4-10H,1-3H3. The SMILES string of the molecule is Cc1cc(C)c(-n2ccnc2-c2cncnc2)c(C)c1. The summed E-state index contributed by atoms with van der Waals surface area (Å²) < 4.78 is 2.10. The molecule has 4 heteroatoms. The van der Waals surface area contributed by atoms with Crippen molar-refractivity contribution in [2.75, 3.05) is 0 Å². The number of imidazole rings is 1. The Bertz CT molecular complexity index is 721. The summed E-state index contributed by atoms with van der Waals surface area (Å²) in [6.45, 7) is 6.37. The van der Waals surface area contributed by atoms with Crippen LogP contribution in [0.2, 0.25) is 0 Å². The van der Waals surface area contributed by atoms with Crippen molar-refractivity contribution in [3.63, 3.8) is 0 Å². The van der Waals surface area contributed by atoms with Crippen LogP contribution in [0.3, 0.4) is 0 Å². The highest BCUT2D eigenvalue weighted by Crippen LogP contribution is 2.26. The minimum absolute atomic E-state index is 0.862. The lowest BCUT2D eigenvalue weighted by atomic mass is 10.0. The molecule has 0 aliphatic carbocycles. The van der Waals surface area contributed by atoms with Crippen LogP contribution in [0.4, 0.5) is 0 Å². The Morgan fingerprint density at radius 3 is 2.25 bits per heavy atom. The summed E-state index contributed by atoms with van der Waals surface area (Å²) in [6, 6.07) is 4.38. The minimum Gasteiger partial charge on any atom is -0.299 e. The van der Waals surface area contributed by atoms with E-state index < -0.39 is 0 Å². The molecule has 20 heavy (non-hydrogen) atoms. The van der Waals surface area contributed by atoms with Gasteiger partial charge in [0.2, 0.25) is 0 Å². The van der Waals surface area contributed by atoms with E-state index >= 15 is 0 Å². The molecular weight excluding hydrogens is 248 g/mol. The first-order valence-corrected chi connectivity index (χ1v) is 6.54. The zero-order valence-corrected chi connectivity index (χ0v) is 11.8. The van der Waals surface area contributed by atoms with E-state index in [9.17, 15) is 0 Å². The van der Waals surface area contributed by atoms with Gasteiger partial charge in [-0.05, 0) is 31.9 Å². The highest BCUT2D eigenvalue weighted by atomic mass is 15.1. The van der Waals surface area contributed by atoms with Crippen molar-refractivity contribution in [2.45, 2.75) is 20.8 Å². The van der Waals surface area contributed by atoms with E-state index in [4.69, 9.17) is 0 Å². The van der Waals surface area contributed by atoms with Crippen LogP contribution in [0.25, 0.3) is 17.1 Å². The van der Waals surface area contributed by atoms with Gasteiger partial charge >= 0.3 is 0 Å². The van der Waals surface area contributed by atoms with Gasteiger partial charge in [-0.3, -0.25) is 4.57 Å². The molecule has 100 valence electrons. The van der Waals surface area contributed by atoms with Gasteiger partial charge in [-0.15, -0.1) is 0 Å². The summed E-state index contributed by atoms with van der Waals surface area (Å²) in [5, 5.41) is 0. The van der Waals surface area contributed by atoms with E-state index in [0.29, 0.717) is 0 Å². The summed E-state index contributed by atoms with van der Waals surface area (Å²) in [6.07, 6.45) is 8.88. The fourth-order valence-electron chi connectivity index (χ4n) is 2.66. The van der Waals surface area contributed by atoms with Crippen molar-refractivity contribution in [3.05, 3.63) is 59.9 Å². The molecule has 0 unspecified atom stereocenters. The highest BCUT2D eigenvalue weighted by molar-refractivity contribution is 5.60. The summed E-state index contributed by atoms with van der Waals surface area (Å²) in [7, 11) is 0. The van der Waals surface area contributed by atoms with E-state index in [-0.39, 0.29) is 0 Å². The molecule has 3 rings (SSSR count). The van der Waals surface area contributed by atoms with Gasteiger partial charge in [0.15, 0.2) is 0 Å². The molecular formula is C16H16N4. The normalized spacial score (nSPS) is 10.8. The third-order valence-corrected chi connectivity index (χ3v) is 3.34. The first-order valence-electron chi connectivity index (χ1n) is 6.54. The second kappa shape index (κ2) is 4.89. The van der Waals surface area contributed by atoms with Crippen LogP contribution in [0, 0.1) is 20.8 Å². The monoisotopic (exact) mass is 264 g/mol. The fraction of sp³-hybridized carbons (Fsp3) is 0.188. The fourth-order valence-corrected chi connectivity index (χ4v) is 2.66. The third-order valence-electron chi connectivity index (χ3n) is 3.34. The van der Waals surface area contributed by atoms with Crippen molar-refractivity contribution >= 4 is 0 Å². The Morgan fingerprint density at radius 1 is 0.950 bits per heavy atom. The summed E-state index contributed by atoms with van der Waals surface area (Å²) in [5.41, 5.74) is 5.83. The molecule has 3 aromatic rings. The molecule has 0 saturated heterocycles. The number of nitrogens with zero attached hydrogens (tertiary/aromatic N) is 4. The quantitative estimate of drug-likeness (QED) is 0.713. The van der Waals surface area contributed by atoms with Gasteiger partial charge in [0.05, 0.1) is 11.3 Å². The Balaban J connectivity index is 2.21. The molecule has 0 radical (unpaired) electrons. The van der Waals surface area contributed by atoms with Gasteiger partial charge in [0, 0.05) is 24.8 Å². The number of hydrogen-bond donors (Lipinski definition) is 0. The van der Waals surface area contributed by atoms with Crippen molar-refractivity contribution in [1.29, 1.82) is 0 Å². The van der Waals surface area contributed by atoms with Crippen molar-refractivity contribution < 1.29 is 0 Å². The molecule has 2 heterocycles. The molecule has 0 aliphatic rings. The van der Waals surface area contributed by atoms with Crippen molar-refractivity contribution in [1.82, 2.24) is 19.5 Å². The van der Waals surface area contributed by atoms with E-state index in [1.54, 1.807) is 18.6 Å². The maximum Gasteiger partial charge on any atom is 0.147 e. The molecule has 0 spiro atoms. The molecule has 0 amide bonds. The van der Waals surface area contributed by atoms with Crippen LogP contribution in [0.5, 0.6) is 0 Å². The average Bonchev–Trinajstić information content (AvgIpc) is 2.87. The van der Waals surface area contributed by atoms with Crippen LogP contribution in [0.15, 0.2) is 43.2 Å². The van der Waals surface area contributed by atoms with Crippen LogP contribution in [0.1, 0.15) is 16.7 Å². The van der Waals surface area contributed by atoms with Crippen LogP contribution in [-0.2, 0) is 0 Å². The van der Waals surface area contributed by atoms with E-state index in [2.05, 4.69) is 52.4 Å². The van der Waals surface area contributed by atoms with Crippen LogP contribution in [-0.4, -0.2) is 19.5 Å². The lowest BCUT2D eigenvalue weighted by Crippen LogP contribution is -2.02. The van der Waals surface area contributed by atoms with Gasteiger partial charge in [-0.1, -0.05) is 17.7 Å². The maximum atomic E-state index is 4.45. The maximum absolute atomic E-state index is 4.45. The Kier molecular flexibility index (Phi) is 3.06. The highest BCUT2D eigenvalue weighted by Gasteiger charge is 2.12. The smallest absolute Gasteiger partial charge is 0.147 e. The molecule has 0 fully saturated rings. The molecule has 1 aromatic carbocycles. The number of hydrogen-bond acceptors (Lipinski definition) is 3. The largest absolute Gasteiger partial charge is 0.299 e. The average molecular weight is 264 g/mol. The molecule has 0 N–H and O–H groups in total. The Hall–Kier alpha value is -2.49. The molecule has 2 aromatic heterocycles. The van der Waals surface area contributed by atoms with E-state index in [0.717, 1.165) is 11.4 Å².